The number of alkyl halides is 3. The van der Waals surface area contributed by atoms with Gasteiger partial charge in [-0.15, -0.1) is 11.3 Å². The van der Waals surface area contributed by atoms with Gasteiger partial charge in [-0.3, -0.25) is 0 Å². The Bertz CT molecular complexity index is 929. The minimum absolute atomic E-state index is 0.198. The van der Waals surface area contributed by atoms with Crippen LogP contribution in [0.2, 0.25) is 0 Å². The number of thiophene rings is 1. The average molecular weight is 346 g/mol. The number of benzene rings is 2. The third kappa shape index (κ3) is 2.29. The second-order valence-corrected chi connectivity index (χ2v) is 6.61. The van der Waals surface area contributed by atoms with Crippen molar-refractivity contribution in [1.82, 2.24) is 0 Å². The fourth-order valence-electron chi connectivity index (χ4n) is 3.14. The van der Waals surface area contributed by atoms with Crippen LogP contribution in [0.5, 0.6) is 0 Å². The second-order valence-electron chi connectivity index (χ2n) is 5.66. The molecule has 2 aromatic carbocycles. The van der Waals surface area contributed by atoms with Gasteiger partial charge in [0, 0.05) is 18.0 Å². The molecule has 1 atom stereocenters. The molecule has 0 amide bonds. The molecule has 2 nitrogen and oxygen atoms in total. The van der Waals surface area contributed by atoms with Gasteiger partial charge in [0.05, 0.1) is 10.6 Å². The number of halogens is 3. The molecular weight excluding hydrogens is 333 g/mol. The first-order valence-corrected chi connectivity index (χ1v) is 8.28. The molecule has 6 heteroatoms. The smallest absolute Gasteiger partial charge is 0.328 e. The molecule has 1 aromatic heterocycles. The van der Waals surface area contributed by atoms with E-state index in [0.717, 1.165) is 15.6 Å². The van der Waals surface area contributed by atoms with Crippen LogP contribution in [-0.4, -0.2) is 19.1 Å². The summed E-state index contributed by atoms with van der Waals surface area (Å²) in [5.74, 6) is 0.358. The lowest BCUT2D eigenvalue weighted by molar-refractivity contribution is -0.148. The van der Waals surface area contributed by atoms with Gasteiger partial charge >= 0.3 is 6.18 Å². The van der Waals surface area contributed by atoms with Crippen molar-refractivity contribution in [3.8, 4) is 0 Å². The van der Waals surface area contributed by atoms with Gasteiger partial charge in [-0.25, -0.2) is 4.99 Å². The number of amidine groups is 1. The van der Waals surface area contributed by atoms with E-state index >= 15 is 0 Å². The molecule has 0 aliphatic carbocycles. The molecule has 0 fully saturated rings. The number of aliphatic imine (C=N–C) groups is 1. The summed E-state index contributed by atoms with van der Waals surface area (Å²) in [6, 6.07) is 12.5. The molecule has 4 rings (SSSR count). The van der Waals surface area contributed by atoms with Crippen molar-refractivity contribution in [2.24, 2.45) is 4.99 Å². The molecule has 0 saturated heterocycles. The van der Waals surface area contributed by atoms with E-state index in [1.165, 1.54) is 11.3 Å². The van der Waals surface area contributed by atoms with Crippen LogP contribution in [0.25, 0.3) is 10.8 Å². The largest absolute Gasteiger partial charge is 0.415 e. The lowest BCUT2D eigenvalue weighted by Gasteiger charge is -2.33. The zero-order chi connectivity index (χ0) is 16.9. The molecule has 0 bridgehead atoms. The molecule has 122 valence electrons. The van der Waals surface area contributed by atoms with Crippen LogP contribution in [0.4, 0.5) is 18.9 Å². The lowest BCUT2D eigenvalue weighted by atomic mass is 9.96. The second kappa shape index (κ2) is 5.34. The zero-order valence-corrected chi connectivity index (χ0v) is 13.5. The summed E-state index contributed by atoms with van der Waals surface area (Å²) in [6.45, 7) is 0. The Morgan fingerprint density at radius 2 is 1.83 bits per heavy atom. The van der Waals surface area contributed by atoms with E-state index in [4.69, 9.17) is 0 Å². The number of fused-ring (bicyclic) bond motifs is 3. The standard InChI is InChI=1S/C18H13F3N2S/c1-23-15-12-6-3-2-5-11(12)8-9-13(15)16(18(19,20)21)22-17(23)14-7-4-10-24-14/h2-10,16H,1H3. The Hall–Kier alpha value is -2.34. The molecular formula is C18H13F3N2S. The molecule has 24 heavy (non-hydrogen) atoms. The maximum Gasteiger partial charge on any atom is 0.415 e. The van der Waals surface area contributed by atoms with Crippen molar-refractivity contribution in [2.45, 2.75) is 12.2 Å². The third-order valence-corrected chi connectivity index (χ3v) is 5.05. The Kier molecular flexibility index (Phi) is 3.38. The van der Waals surface area contributed by atoms with Crippen LogP contribution in [0.3, 0.4) is 0 Å². The van der Waals surface area contributed by atoms with E-state index in [2.05, 4.69) is 4.99 Å². The first-order valence-electron chi connectivity index (χ1n) is 7.40. The van der Waals surface area contributed by atoms with Crippen molar-refractivity contribution in [3.63, 3.8) is 0 Å². The van der Waals surface area contributed by atoms with Crippen molar-refractivity contribution >= 4 is 33.6 Å². The molecule has 0 N–H and O–H groups in total. The van der Waals surface area contributed by atoms with Crippen LogP contribution in [0.1, 0.15) is 16.5 Å². The first-order chi connectivity index (χ1) is 11.5. The van der Waals surface area contributed by atoms with Crippen LogP contribution >= 0.6 is 11.3 Å². The first kappa shape index (κ1) is 15.2. The topological polar surface area (TPSA) is 15.6 Å². The highest BCUT2D eigenvalue weighted by Crippen LogP contribution is 2.46. The molecule has 1 aliphatic heterocycles. The minimum Gasteiger partial charge on any atom is -0.328 e. The normalized spacial score (nSPS) is 17.8. The van der Waals surface area contributed by atoms with E-state index in [1.54, 1.807) is 30.1 Å². The van der Waals surface area contributed by atoms with Crippen molar-refractivity contribution < 1.29 is 13.2 Å². The number of rotatable bonds is 1. The third-order valence-electron chi connectivity index (χ3n) is 4.18. The molecule has 0 spiro atoms. The van der Waals surface area contributed by atoms with E-state index in [9.17, 15) is 13.2 Å². The Labute approximate surface area is 140 Å². The summed E-state index contributed by atoms with van der Waals surface area (Å²) in [5, 5.41) is 3.56. The quantitative estimate of drug-likeness (QED) is 0.576. The number of hydrogen-bond acceptors (Lipinski definition) is 3. The summed E-state index contributed by atoms with van der Waals surface area (Å²) in [5.41, 5.74) is 0.776. The number of nitrogens with zero attached hydrogens (tertiary/aromatic N) is 2. The predicted molar refractivity (Wildman–Crippen MR) is 92.0 cm³/mol. The molecule has 3 aromatic rings. The van der Waals surface area contributed by atoms with Crippen molar-refractivity contribution in [2.75, 3.05) is 11.9 Å². The molecule has 2 heterocycles. The fourth-order valence-corrected chi connectivity index (χ4v) is 3.89. The summed E-state index contributed by atoms with van der Waals surface area (Å²) < 4.78 is 40.9. The summed E-state index contributed by atoms with van der Waals surface area (Å²) in [4.78, 5) is 6.55. The fraction of sp³-hybridized carbons (Fsp3) is 0.167. The average Bonchev–Trinajstić information content (AvgIpc) is 3.07. The number of hydrogen-bond donors (Lipinski definition) is 0. The molecule has 1 unspecified atom stereocenters. The molecule has 1 aliphatic rings. The van der Waals surface area contributed by atoms with Gasteiger partial charge < -0.3 is 4.90 Å². The van der Waals surface area contributed by atoms with Gasteiger partial charge in [-0.1, -0.05) is 42.5 Å². The van der Waals surface area contributed by atoms with E-state index in [-0.39, 0.29) is 5.56 Å². The van der Waals surface area contributed by atoms with Crippen molar-refractivity contribution in [1.29, 1.82) is 0 Å². The van der Waals surface area contributed by atoms with Gasteiger partial charge in [0.25, 0.3) is 0 Å². The van der Waals surface area contributed by atoms with Gasteiger partial charge in [-0.2, -0.15) is 13.2 Å². The maximum atomic E-state index is 13.6. The Balaban J connectivity index is 2.02. The van der Waals surface area contributed by atoms with Crippen LogP contribution in [-0.2, 0) is 0 Å². The van der Waals surface area contributed by atoms with Crippen LogP contribution in [0.15, 0.2) is 58.9 Å². The highest BCUT2D eigenvalue weighted by molar-refractivity contribution is 7.12. The van der Waals surface area contributed by atoms with Crippen LogP contribution in [0, 0.1) is 0 Å². The van der Waals surface area contributed by atoms with Gasteiger partial charge in [0.2, 0.25) is 0 Å². The van der Waals surface area contributed by atoms with E-state index in [0.29, 0.717) is 11.5 Å². The van der Waals surface area contributed by atoms with E-state index in [1.807, 2.05) is 35.7 Å². The predicted octanol–water partition coefficient (Wildman–Crippen LogP) is 5.40. The highest BCUT2D eigenvalue weighted by atomic mass is 32.1. The highest BCUT2D eigenvalue weighted by Gasteiger charge is 2.45. The van der Waals surface area contributed by atoms with Gasteiger partial charge in [0.15, 0.2) is 6.04 Å². The Morgan fingerprint density at radius 3 is 2.54 bits per heavy atom. The summed E-state index contributed by atoms with van der Waals surface area (Å²) in [6.07, 6.45) is -4.43. The monoisotopic (exact) mass is 346 g/mol. The maximum absolute atomic E-state index is 13.6. The lowest BCUT2D eigenvalue weighted by Crippen LogP contribution is -2.35. The van der Waals surface area contributed by atoms with E-state index < -0.39 is 12.2 Å². The SMILES string of the molecule is CN1C(c2cccs2)=NC(C(F)(F)F)c2ccc3ccccc3c21. The zero-order valence-electron chi connectivity index (χ0n) is 12.7. The van der Waals surface area contributed by atoms with Gasteiger partial charge in [0.1, 0.15) is 5.84 Å². The van der Waals surface area contributed by atoms with Gasteiger partial charge in [-0.05, 0) is 16.8 Å². The van der Waals surface area contributed by atoms with Crippen molar-refractivity contribution in [3.05, 3.63) is 64.4 Å². The Morgan fingerprint density at radius 1 is 1.04 bits per heavy atom. The number of anilines is 1. The van der Waals surface area contributed by atoms with Crippen LogP contribution < -0.4 is 4.90 Å². The summed E-state index contributed by atoms with van der Waals surface area (Å²) >= 11 is 1.39. The molecule has 0 radical (unpaired) electrons. The minimum atomic E-state index is -4.43. The molecule has 0 saturated carbocycles. The summed E-state index contributed by atoms with van der Waals surface area (Å²) in [7, 11) is 1.77.